The van der Waals surface area contributed by atoms with E-state index in [0.717, 1.165) is 12.8 Å². The van der Waals surface area contributed by atoms with Crippen LogP contribution >= 0.6 is 23.2 Å². The van der Waals surface area contributed by atoms with E-state index in [9.17, 15) is 4.79 Å². The number of benzene rings is 1. The first-order valence-corrected chi connectivity index (χ1v) is 12.1. The number of ether oxygens (including phenoxy) is 2. The molecule has 35 heavy (non-hydrogen) atoms. The number of nitrogens with zero attached hydrogens (tertiary/aromatic N) is 3. The summed E-state index contributed by atoms with van der Waals surface area (Å²) in [6, 6.07) is 7.08. The Kier molecular flexibility index (Phi) is 8.86. The molecule has 0 aliphatic carbocycles. The number of nitrogen functional groups attached to an aromatic ring is 1. The van der Waals surface area contributed by atoms with Crippen molar-refractivity contribution in [1.29, 1.82) is 0 Å². The molecule has 1 aliphatic rings. The number of carbonyl (C=O) groups is 1. The maximum Gasteiger partial charge on any atom is 0.410 e. The summed E-state index contributed by atoms with van der Waals surface area (Å²) in [5, 5.41) is 1.01. The molecule has 1 saturated heterocycles. The van der Waals surface area contributed by atoms with Crippen molar-refractivity contribution in [2.45, 2.75) is 51.9 Å². The number of piperidine rings is 1. The van der Waals surface area contributed by atoms with E-state index in [4.69, 9.17) is 44.1 Å². The van der Waals surface area contributed by atoms with Crippen molar-refractivity contribution in [1.82, 2.24) is 9.88 Å². The minimum atomic E-state index is -0.512. The molecule has 0 atom stereocenters. The zero-order valence-electron chi connectivity index (χ0n) is 20.1. The Morgan fingerprint density at radius 2 is 1.91 bits per heavy atom. The van der Waals surface area contributed by atoms with Gasteiger partial charge in [-0.3, -0.25) is 4.99 Å². The predicted molar refractivity (Wildman–Crippen MR) is 141 cm³/mol. The smallest absolute Gasteiger partial charge is 0.410 e. The van der Waals surface area contributed by atoms with Gasteiger partial charge >= 0.3 is 6.09 Å². The van der Waals surface area contributed by atoms with Gasteiger partial charge in [-0.1, -0.05) is 29.3 Å². The van der Waals surface area contributed by atoms with E-state index in [1.165, 1.54) is 6.20 Å². The van der Waals surface area contributed by atoms with Gasteiger partial charge in [-0.2, -0.15) is 0 Å². The summed E-state index contributed by atoms with van der Waals surface area (Å²) in [4.78, 5) is 22.9. The molecule has 0 unspecified atom stereocenters. The highest BCUT2D eigenvalue weighted by molar-refractivity contribution is 6.35. The van der Waals surface area contributed by atoms with Gasteiger partial charge < -0.3 is 25.8 Å². The van der Waals surface area contributed by atoms with E-state index in [1.807, 2.05) is 20.8 Å². The van der Waals surface area contributed by atoms with Crippen molar-refractivity contribution in [2.75, 3.05) is 18.8 Å². The molecule has 2 heterocycles. The molecule has 1 aromatic carbocycles. The largest absolute Gasteiger partial charge is 0.485 e. The van der Waals surface area contributed by atoms with Crippen LogP contribution in [0.1, 0.15) is 44.7 Å². The van der Waals surface area contributed by atoms with Crippen LogP contribution in [0.4, 0.5) is 10.6 Å². The van der Waals surface area contributed by atoms with Gasteiger partial charge in [-0.05, 0) is 51.8 Å². The summed E-state index contributed by atoms with van der Waals surface area (Å²) in [6.07, 6.45) is 5.97. The van der Waals surface area contributed by atoms with E-state index in [1.54, 1.807) is 41.6 Å². The lowest BCUT2D eigenvalue weighted by molar-refractivity contribution is 0.0207. The van der Waals surface area contributed by atoms with Gasteiger partial charge in [0.25, 0.3) is 0 Å². The average Bonchev–Trinajstić information content (AvgIpc) is 2.80. The minimum absolute atomic E-state index is 0.0727. The molecule has 2 aromatic rings. The number of allylic oxidation sites excluding steroid dienone is 1. The van der Waals surface area contributed by atoms with E-state index >= 15 is 0 Å². The van der Waals surface area contributed by atoms with Crippen LogP contribution in [0.3, 0.4) is 0 Å². The predicted octanol–water partition coefficient (Wildman–Crippen LogP) is 5.32. The Morgan fingerprint density at radius 3 is 2.51 bits per heavy atom. The lowest BCUT2D eigenvalue weighted by Gasteiger charge is -2.32. The summed E-state index contributed by atoms with van der Waals surface area (Å²) in [5.74, 6) is 0.622. The van der Waals surface area contributed by atoms with Crippen LogP contribution in [-0.2, 0) is 11.3 Å². The second kappa shape index (κ2) is 11.6. The first-order valence-electron chi connectivity index (χ1n) is 11.3. The molecule has 3 rings (SSSR count). The summed E-state index contributed by atoms with van der Waals surface area (Å²) < 4.78 is 11.3. The van der Waals surface area contributed by atoms with Crippen LogP contribution in [0.15, 0.2) is 41.7 Å². The molecule has 0 saturated carbocycles. The summed E-state index contributed by atoms with van der Waals surface area (Å²) in [5.41, 5.74) is 13.4. The quantitative estimate of drug-likeness (QED) is 0.498. The Bertz CT molecular complexity index is 1090. The van der Waals surface area contributed by atoms with Crippen molar-refractivity contribution in [3.8, 4) is 5.75 Å². The summed E-state index contributed by atoms with van der Waals surface area (Å²) in [6.45, 7) is 6.89. The van der Waals surface area contributed by atoms with Crippen LogP contribution in [0, 0.1) is 0 Å². The first-order chi connectivity index (χ1) is 16.6. The fraction of sp³-hybridized carbons (Fsp3) is 0.400. The molecule has 0 bridgehead atoms. The number of anilines is 1. The van der Waals surface area contributed by atoms with Gasteiger partial charge in [0.2, 0.25) is 0 Å². The number of hydrogen-bond acceptors (Lipinski definition) is 7. The number of rotatable bonds is 6. The summed E-state index contributed by atoms with van der Waals surface area (Å²) >= 11 is 12.5. The number of halogens is 2. The Balaban J connectivity index is 1.63. The van der Waals surface area contributed by atoms with Gasteiger partial charge in [0.1, 0.15) is 12.2 Å². The van der Waals surface area contributed by atoms with Crippen molar-refractivity contribution < 1.29 is 14.3 Å². The Hall–Kier alpha value is -2.97. The number of carbonyl (C=O) groups excluding carboxylic acids is 1. The maximum absolute atomic E-state index is 12.3. The monoisotopic (exact) mass is 519 g/mol. The lowest BCUT2D eigenvalue weighted by Crippen LogP contribution is -2.42. The van der Waals surface area contributed by atoms with E-state index in [2.05, 4.69) is 9.98 Å². The molecule has 188 valence electrons. The maximum atomic E-state index is 12.3. The van der Waals surface area contributed by atoms with Gasteiger partial charge in [0, 0.05) is 58.4 Å². The van der Waals surface area contributed by atoms with Crippen molar-refractivity contribution >= 4 is 46.9 Å². The van der Waals surface area contributed by atoms with Crippen molar-refractivity contribution in [3.63, 3.8) is 0 Å². The summed E-state index contributed by atoms with van der Waals surface area (Å²) in [7, 11) is 0. The first kappa shape index (κ1) is 26.6. The highest BCUT2D eigenvalue weighted by Crippen LogP contribution is 2.29. The highest BCUT2D eigenvalue weighted by Gasteiger charge is 2.26. The van der Waals surface area contributed by atoms with Gasteiger partial charge in [-0.15, -0.1) is 0 Å². The van der Waals surface area contributed by atoms with E-state index < -0.39 is 5.60 Å². The molecular formula is C25H31Cl2N5O3. The fourth-order valence-electron chi connectivity index (χ4n) is 3.47. The van der Waals surface area contributed by atoms with Crippen molar-refractivity contribution in [2.24, 2.45) is 10.7 Å². The molecule has 1 fully saturated rings. The van der Waals surface area contributed by atoms with Crippen LogP contribution < -0.4 is 16.2 Å². The Labute approximate surface area is 215 Å². The Morgan fingerprint density at radius 1 is 1.26 bits per heavy atom. The molecule has 1 amide bonds. The number of pyridine rings is 1. The third-order valence-corrected chi connectivity index (χ3v) is 6.08. The van der Waals surface area contributed by atoms with Crippen molar-refractivity contribution in [3.05, 3.63) is 57.8 Å². The molecule has 10 heteroatoms. The number of hydrogen-bond donors (Lipinski definition) is 2. The number of amides is 1. The topological polar surface area (TPSA) is 116 Å². The van der Waals surface area contributed by atoms with Crippen LogP contribution in [0.5, 0.6) is 5.75 Å². The molecule has 4 N–H and O–H groups in total. The zero-order chi connectivity index (χ0) is 25.6. The van der Waals surface area contributed by atoms with Gasteiger partial charge in [0.05, 0.1) is 6.04 Å². The zero-order valence-corrected chi connectivity index (χ0v) is 21.6. The molecular weight excluding hydrogens is 489 g/mol. The number of nitrogens with two attached hydrogens (primary N) is 2. The van der Waals surface area contributed by atoms with Gasteiger partial charge in [0.15, 0.2) is 11.6 Å². The molecule has 1 aromatic heterocycles. The third kappa shape index (κ3) is 7.50. The van der Waals surface area contributed by atoms with Crippen LogP contribution in [-0.4, -0.2) is 46.9 Å². The molecule has 1 aliphatic heterocycles. The van der Waals surface area contributed by atoms with Gasteiger partial charge in [-0.25, -0.2) is 9.78 Å². The SMILES string of the molecule is CC(C)(C)OC(=O)N1CCC(N=C/C(=C\N)c2cnc(N)c(OCc3c(Cl)cccc3Cl)c2)CC1. The fourth-order valence-corrected chi connectivity index (χ4v) is 3.98. The normalized spacial score (nSPS) is 15.5. The number of aliphatic imine (C=N–C) groups is 1. The second-order valence-corrected chi connectivity index (χ2v) is 10.0. The highest BCUT2D eigenvalue weighted by atomic mass is 35.5. The molecule has 8 nitrogen and oxygen atoms in total. The van der Waals surface area contributed by atoms with E-state index in [-0.39, 0.29) is 24.6 Å². The number of likely N-dealkylation sites (tertiary alicyclic amines) is 1. The average molecular weight is 520 g/mol. The lowest BCUT2D eigenvalue weighted by atomic mass is 10.1. The molecule has 0 spiro atoms. The standard InChI is InChI=1S/C25H31Cl2N5O3/c1-25(2,3)35-24(33)32-9-7-18(8-10-32)30-14-17(12-28)16-11-22(23(29)31-13-16)34-15-19-20(26)5-4-6-21(19)27/h4-6,11-14,18H,7-10,15,28H2,1-3H3,(H2,29,31)/b17-12+,30-14?. The number of aromatic nitrogens is 1. The minimum Gasteiger partial charge on any atom is -0.485 e. The van der Waals surface area contributed by atoms with Crippen LogP contribution in [0.2, 0.25) is 10.0 Å². The second-order valence-electron chi connectivity index (χ2n) is 9.19. The third-order valence-electron chi connectivity index (χ3n) is 5.37. The van der Waals surface area contributed by atoms with Crippen LogP contribution in [0.25, 0.3) is 5.57 Å². The molecule has 0 radical (unpaired) electrons. The van der Waals surface area contributed by atoms with E-state index in [0.29, 0.717) is 45.6 Å².